The van der Waals surface area contributed by atoms with Gasteiger partial charge in [0.05, 0.1) is 16.7 Å². The van der Waals surface area contributed by atoms with Crippen LogP contribution in [0, 0.1) is 5.82 Å². The number of nitrogens with zero attached hydrogens (tertiary/aromatic N) is 4. The SMILES string of the molecule is C=CCn1c(COc2ccc(F)cc2)nnc1SCc1nc2cc(Cl)ccc2c(=O)[nH]1. The third kappa shape index (κ3) is 4.95. The van der Waals surface area contributed by atoms with Crippen molar-refractivity contribution in [3.63, 3.8) is 0 Å². The maximum Gasteiger partial charge on any atom is 0.258 e. The van der Waals surface area contributed by atoms with Crippen LogP contribution in [0.5, 0.6) is 5.75 Å². The molecule has 0 fully saturated rings. The highest BCUT2D eigenvalue weighted by molar-refractivity contribution is 7.98. The first kappa shape index (κ1) is 21.1. The number of thioether (sulfide) groups is 1. The zero-order chi connectivity index (χ0) is 21.8. The lowest BCUT2D eigenvalue weighted by Crippen LogP contribution is -2.11. The summed E-state index contributed by atoms with van der Waals surface area (Å²) in [5, 5.41) is 10.0. The Bertz CT molecular complexity index is 1290. The topological polar surface area (TPSA) is 85.7 Å². The van der Waals surface area contributed by atoms with Crippen LogP contribution in [0.4, 0.5) is 4.39 Å². The van der Waals surface area contributed by atoms with Crippen molar-refractivity contribution in [2.75, 3.05) is 0 Å². The molecule has 4 rings (SSSR count). The maximum absolute atomic E-state index is 13.0. The Hall–Kier alpha value is -3.17. The zero-order valence-electron chi connectivity index (χ0n) is 16.2. The Balaban J connectivity index is 1.50. The molecular formula is C21H17ClFN5O2S. The maximum atomic E-state index is 13.0. The second-order valence-corrected chi connectivity index (χ2v) is 7.88. The lowest BCUT2D eigenvalue weighted by molar-refractivity contribution is 0.288. The first-order valence-electron chi connectivity index (χ1n) is 9.26. The van der Waals surface area contributed by atoms with E-state index in [0.717, 1.165) is 0 Å². The van der Waals surface area contributed by atoms with E-state index in [1.807, 2.05) is 4.57 Å². The van der Waals surface area contributed by atoms with E-state index in [0.29, 0.717) is 50.8 Å². The second-order valence-electron chi connectivity index (χ2n) is 6.50. The number of fused-ring (bicyclic) bond motifs is 1. The van der Waals surface area contributed by atoms with Gasteiger partial charge in [-0.05, 0) is 42.5 Å². The smallest absolute Gasteiger partial charge is 0.258 e. The summed E-state index contributed by atoms with van der Waals surface area (Å²) in [6, 6.07) is 10.7. The Morgan fingerprint density at radius 2 is 2.03 bits per heavy atom. The van der Waals surface area contributed by atoms with Gasteiger partial charge in [-0.3, -0.25) is 9.36 Å². The fourth-order valence-electron chi connectivity index (χ4n) is 2.89. The molecule has 0 spiro atoms. The largest absolute Gasteiger partial charge is 0.486 e. The van der Waals surface area contributed by atoms with Crippen molar-refractivity contribution in [1.29, 1.82) is 0 Å². The fraction of sp³-hybridized carbons (Fsp3) is 0.143. The molecule has 0 bridgehead atoms. The highest BCUT2D eigenvalue weighted by atomic mass is 35.5. The van der Waals surface area contributed by atoms with Gasteiger partial charge in [0.25, 0.3) is 5.56 Å². The zero-order valence-corrected chi connectivity index (χ0v) is 17.8. The summed E-state index contributed by atoms with van der Waals surface area (Å²) >= 11 is 7.39. The molecule has 2 aromatic heterocycles. The first-order valence-corrected chi connectivity index (χ1v) is 10.6. The Kier molecular flexibility index (Phi) is 6.34. The van der Waals surface area contributed by atoms with E-state index in [1.165, 1.54) is 23.9 Å². The van der Waals surface area contributed by atoms with Crippen molar-refractivity contribution in [3.05, 3.63) is 88.0 Å². The number of rotatable bonds is 8. The van der Waals surface area contributed by atoms with Crippen molar-refractivity contribution in [1.82, 2.24) is 24.7 Å². The highest BCUT2D eigenvalue weighted by Crippen LogP contribution is 2.22. The predicted molar refractivity (Wildman–Crippen MR) is 118 cm³/mol. The molecule has 0 atom stereocenters. The van der Waals surface area contributed by atoms with Crippen LogP contribution in [-0.2, 0) is 18.9 Å². The van der Waals surface area contributed by atoms with E-state index >= 15 is 0 Å². The van der Waals surface area contributed by atoms with Crippen LogP contribution in [0.3, 0.4) is 0 Å². The molecule has 0 saturated heterocycles. The van der Waals surface area contributed by atoms with E-state index in [-0.39, 0.29) is 18.0 Å². The highest BCUT2D eigenvalue weighted by Gasteiger charge is 2.14. The van der Waals surface area contributed by atoms with E-state index < -0.39 is 0 Å². The van der Waals surface area contributed by atoms with Crippen molar-refractivity contribution in [2.45, 2.75) is 24.1 Å². The minimum absolute atomic E-state index is 0.163. The molecule has 2 heterocycles. The monoisotopic (exact) mass is 457 g/mol. The standard InChI is InChI=1S/C21H17ClFN5O2S/c1-2-9-28-19(11-30-15-6-4-14(23)5-7-15)26-27-21(28)31-12-18-24-17-10-13(22)3-8-16(17)20(29)25-18/h2-8,10H,1,9,11-12H2,(H,24,25,29). The number of hydrogen-bond acceptors (Lipinski definition) is 6. The number of aromatic amines is 1. The van der Waals surface area contributed by atoms with Gasteiger partial charge < -0.3 is 9.72 Å². The van der Waals surface area contributed by atoms with Crippen molar-refractivity contribution in [3.8, 4) is 5.75 Å². The molecule has 0 amide bonds. The summed E-state index contributed by atoms with van der Waals surface area (Å²) in [4.78, 5) is 19.6. The van der Waals surface area contributed by atoms with Gasteiger partial charge in [0.1, 0.15) is 24.0 Å². The molecular weight excluding hydrogens is 441 g/mol. The minimum atomic E-state index is -0.330. The van der Waals surface area contributed by atoms with Crippen molar-refractivity contribution >= 4 is 34.3 Å². The summed E-state index contributed by atoms with van der Waals surface area (Å²) in [7, 11) is 0. The number of halogens is 2. The van der Waals surface area contributed by atoms with Gasteiger partial charge in [0.2, 0.25) is 0 Å². The summed E-state index contributed by atoms with van der Waals surface area (Å²) in [5.41, 5.74) is 0.311. The second kappa shape index (κ2) is 9.32. The van der Waals surface area contributed by atoms with Crippen LogP contribution in [0.25, 0.3) is 10.9 Å². The van der Waals surface area contributed by atoms with E-state index in [4.69, 9.17) is 16.3 Å². The van der Waals surface area contributed by atoms with Gasteiger partial charge in [0.15, 0.2) is 11.0 Å². The molecule has 0 radical (unpaired) electrons. The number of H-pyrrole nitrogens is 1. The first-order chi connectivity index (χ1) is 15.0. The van der Waals surface area contributed by atoms with Crippen molar-refractivity contribution < 1.29 is 9.13 Å². The normalized spacial score (nSPS) is 11.0. The summed E-state index contributed by atoms with van der Waals surface area (Å²) in [6.45, 7) is 4.42. The number of hydrogen-bond donors (Lipinski definition) is 1. The van der Waals surface area contributed by atoms with E-state index in [2.05, 4.69) is 26.7 Å². The third-order valence-electron chi connectivity index (χ3n) is 4.34. The molecule has 4 aromatic rings. The lowest BCUT2D eigenvalue weighted by atomic mass is 10.2. The van der Waals surface area contributed by atoms with Crippen LogP contribution in [0.15, 0.2) is 65.1 Å². The number of aromatic nitrogens is 5. The lowest BCUT2D eigenvalue weighted by Gasteiger charge is -2.09. The third-order valence-corrected chi connectivity index (χ3v) is 5.56. The Labute approximate surface area is 185 Å². The van der Waals surface area contributed by atoms with Crippen LogP contribution in [0.2, 0.25) is 5.02 Å². The number of ether oxygens (including phenoxy) is 1. The molecule has 10 heteroatoms. The molecule has 0 saturated carbocycles. The van der Waals surface area contributed by atoms with Crippen LogP contribution >= 0.6 is 23.4 Å². The quantitative estimate of drug-likeness (QED) is 0.312. The van der Waals surface area contributed by atoms with Crippen molar-refractivity contribution in [2.24, 2.45) is 0 Å². The molecule has 0 aliphatic carbocycles. The van der Waals surface area contributed by atoms with Gasteiger partial charge >= 0.3 is 0 Å². The summed E-state index contributed by atoms with van der Waals surface area (Å²) < 4.78 is 20.6. The molecule has 0 aliphatic heterocycles. The Morgan fingerprint density at radius 3 is 2.81 bits per heavy atom. The fourth-order valence-corrected chi connectivity index (χ4v) is 3.89. The number of nitrogens with one attached hydrogen (secondary N) is 1. The Morgan fingerprint density at radius 1 is 1.23 bits per heavy atom. The van der Waals surface area contributed by atoms with E-state index in [9.17, 15) is 9.18 Å². The molecule has 1 N–H and O–H groups in total. The van der Waals surface area contributed by atoms with Gasteiger partial charge in [0, 0.05) is 11.6 Å². The van der Waals surface area contributed by atoms with Crippen LogP contribution < -0.4 is 10.3 Å². The van der Waals surface area contributed by atoms with Crippen LogP contribution in [-0.4, -0.2) is 24.7 Å². The summed E-state index contributed by atoms with van der Waals surface area (Å²) in [6.07, 6.45) is 1.73. The van der Waals surface area contributed by atoms with Gasteiger partial charge in [-0.15, -0.1) is 16.8 Å². The molecule has 0 aliphatic rings. The average Bonchev–Trinajstić information content (AvgIpc) is 3.13. The predicted octanol–water partition coefficient (Wildman–Crippen LogP) is 4.36. The number of allylic oxidation sites excluding steroid dienone is 1. The minimum Gasteiger partial charge on any atom is -0.486 e. The molecule has 31 heavy (non-hydrogen) atoms. The molecule has 0 unspecified atom stereocenters. The van der Waals surface area contributed by atoms with Crippen LogP contribution in [0.1, 0.15) is 11.6 Å². The summed E-state index contributed by atoms with van der Waals surface area (Å²) in [5.74, 6) is 1.68. The molecule has 7 nitrogen and oxygen atoms in total. The van der Waals surface area contributed by atoms with Gasteiger partial charge in [-0.25, -0.2) is 9.37 Å². The van der Waals surface area contributed by atoms with Gasteiger partial charge in [-0.2, -0.15) is 0 Å². The molecule has 158 valence electrons. The van der Waals surface area contributed by atoms with E-state index in [1.54, 1.807) is 36.4 Å². The molecule has 2 aromatic carbocycles. The average molecular weight is 458 g/mol. The number of benzene rings is 2. The van der Waals surface area contributed by atoms with Gasteiger partial charge in [-0.1, -0.05) is 29.4 Å².